The van der Waals surface area contributed by atoms with Gasteiger partial charge in [-0.3, -0.25) is 0 Å². The zero-order chi connectivity index (χ0) is 15.8. The number of ether oxygens (including phenoxy) is 2. The lowest BCUT2D eigenvalue weighted by Gasteiger charge is -2.11. The van der Waals surface area contributed by atoms with Crippen LogP contribution in [0, 0.1) is 0 Å². The van der Waals surface area contributed by atoms with E-state index in [0.717, 1.165) is 29.0 Å². The van der Waals surface area contributed by atoms with Crippen molar-refractivity contribution >= 4 is 17.2 Å². The summed E-state index contributed by atoms with van der Waals surface area (Å²) in [4.78, 5) is 0.361. The molecule has 0 aromatic heterocycles. The van der Waals surface area contributed by atoms with Crippen LogP contribution in [0.1, 0.15) is 11.1 Å². The number of allylic oxidation sites excluding steroid dienone is 1. The summed E-state index contributed by atoms with van der Waals surface area (Å²) < 4.78 is 11.4. The van der Waals surface area contributed by atoms with E-state index in [0.29, 0.717) is 18.2 Å². The van der Waals surface area contributed by atoms with Crippen LogP contribution in [-0.4, -0.2) is 18.2 Å². The molecule has 2 N–H and O–H groups in total. The molecule has 3 nitrogen and oxygen atoms in total. The Labute approximate surface area is 136 Å². The van der Waals surface area contributed by atoms with E-state index in [1.165, 1.54) is 0 Å². The summed E-state index contributed by atoms with van der Waals surface area (Å²) in [6, 6.07) is 15.3. The molecule has 0 aliphatic heterocycles. The zero-order valence-corrected chi connectivity index (χ0v) is 13.1. The van der Waals surface area contributed by atoms with Gasteiger partial charge in [-0.2, -0.15) is 0 Å². The van der Waals surface area contributed by atoms with Crippen LogP contribution in [0.2, 0.25) is 0 Å². The third kappa shape index (κ3) is 4.60. The van der Waals surface area contributed by atoms with Crippen LogP contribution < -0.4 is 15.2 Å². The Morgan fingerprint density at radius 1 is 1.09 bits per heavy atom. The summed E-state index contributed by atoms with van der Waals surface area (Å²) in [5.74, 6) is 1.59. The number of thiocarbonyl (C=S) groups is 1. The van der Waals surface area contributed by atoms with Crippen LogP contribution >= 0.6 is 12.2 Å². The molecule has 2 aromatic rings. The maximum absolute atomic E-state index is 5.77. The normalized spacial score (nSPS) is 10.0. The summed E-state index contributed by atoms with van der Waals surface area (Å²) in [5.41, 5.74) is 7.52. The summed E-state index contributed by atoms with van der Waals surface area (Å²) in [6.07, 6.45) is 2.65. The van der Waals surface area contributed by atoms with Gasteiger partial charge in [0.15, 0.2) is 0 Å². The van der Waals surface area contributed by atoms with Gasteiger partial charge in [-0.05, 0) is 30.2 Å². The van der Waals surface area contributed by atoms with E-state index < -0.39 is 0 Å². The van der Waals surface area contributed by atoms with E-state index in [-0.39, 0.29) is 0 Å². The van der Waals surface area contributed by atoms with E-state index in [1.807, 2.05) is 54.6 Å². The van der Waals surface area contributed by atoms with Crippen LogP contribution in [0.4, 0.5) is 0 Å². The van der Waals surface area contributed by atoms with E-state index >= 15 is 0 Å². The van der Waals surface area contributed by atoms with Gasteiger partial charge in [-0.1, -0.05) is 48.6 Å². The topological polar surface area (TPSA) is 44.5 Å². The van der Waals surface area contributed by atoms with Gasteiger partial charge in [0.05, 0.1) is 0 Å². The van der Waals surface area contributed by atoms with E-state index in [9.17, 15) is 0 Å². The number of hydrogen-bond acceptors (Lipinski definition) is 3. The average Bonchev–Trinajstić information content (AvgIpc) is 2.53. The molecule has 2 rings (SSSR count). The number of nitrogens with two attached hydrogens (primary N) is 1. The standard InChI is InChI=1S/C18H19NO2S/c1-2-6-14-7-3-4-10-17(14)21-12-11-20-16-9-5-8-15(13-16)18(19)22/h2-5,7-10,13H,1,6,11-12H2,(H2,19,22). The molecule has 0 amide bonds. The molecule has 4 heteroatoms. The molecular formula is C18H19NO2S. The first-order chi connectivity index (χ1) is 10.7. The molecule has 0 saturated heterocycles. The molecule has 114 valence electrons. The van der Waals surface area contributed by atoms with Crippen molar-refractivity contribution in [2.75, 3.05) is 13.2 Å². The Hall–Kier alpha value is -2.33. The Kier molecular flexibility index (Phi) is 5.98. The Balaban J connectivity index is 1.86. The van der Waals surface area contributed by atoms with Gasteiger partial charge in [-0.25, -0.2) is 0 Å². The van der Waals surface area contributed by atoms with Crippen molar-refractivity contribution in [1.82, 2.24) is 0 Å². The fourth-order valence-corrected chi connectivity index (χ4v) is 2.15. The highest BCUT2D eigenvalue weighted by atomic mass is 32.1. The van der Waals surface area contributed by atoms with E-state index in [4.69, 9.17) is 27.4 Å². The van der Waals surface area contributed by atoms with Crippen LogP contribution in [0.3, 0.4) is 0 Å². The molecule has 0 aliphatic carbocycles. The second-order valence-electron chi connectivity index (χ2n) is 4.69. The predicted molar refractivity (Wildman–Crippen MR) is 93.7 cm³/mol. The maximum atomic E-state index is 5.77. The molecule has 0 bridgehead atoms. The summed E-state index contributed by atoms with van der Waals surface area (Å²) >= 11 is 4.95. The van der Waals surface area contributed by atoms with E-state index in [1.54, 1.807) is 0 Å². The fraction of sp³-hybridized carbons (Fsp3) is 0.167. The minimum Gasteiger partial charge on any atom is -0.490 e. The second-order valence-corrected chi connectivity index (χ2v) is 5.13. The highest BCUT2D eigenvalue weighted by molar-refractivity contribution is 7.80. The largest absolute Gasteiger partial charge is 0.490 e. The Morgan fingerprint density at radius 3 is 2.64 bits per heavy atom. The van der Waals surface area contributed by atoms with Crippen LogP contribution in [0.5, 0.6) is 11.5 Å². The van der Waals surface area contributed by atoms with Crippen molar-refractivity contribution in [1.29, 1.82) is 0 Å². The number of rotatable bonds is 8. The highest BCUT2D eigenvalue weighted by Gasteiger charge is 2.02. The third-order valence-electron chi connectivity index (χ3n) is 3.07. The highest BCUT2D eigenvalue weighted by Crippen LogP contribution is 2.19. The molecule has 0 atom stereocenters. The number of benzene rings is 2. The first-order valence-corrected chi connectivity index (χ1v) is 7.46. The van der Waals surface area contributed by atoms with Crippen LogP contribution in [0.15, 0.2) is 61.2 Å². The molecule has 0 fully saturated rings. The van der Waals surface area contributed by atoms with Gasteiger partial charge in [0, 0.05) is 5.56 Å². The van der Waals surface area contributed by atoms with Crippen molar-refractivity contribution in [2.24, 2.45) is 5.73 Å². The van der Waals surface area contributed by atoms with Gasteiger partial charge < -0.3 is 15.2 Å². The first kappa shape index (κ1) is 16.0. The molecule has 0 unspecified atom stereocenters. The maximum Gasteiger partial charge on any atom is 0.122 e. The first-order valence-electron chi connectivity index (χ1n) is 7.05. The lowest BCUT2D eigenvalue weighted by atomic mass is 10.1. The van der Waals surface area contributed by atoms with Gasteiger partial charge in [-0.15, -0.1) is 6.58 Å². The third-order valence-corrected chi connectivity index (χ3v) is 3.30. The van der Waals surface area contributed by atoms with Gasteiger partial charge in [0.1, 0.15) is 29.7 Å². The minimum absolute atomic E-state index is 0.361. The number of hydrogen-bond donors (Lipinski definition) is 1. The number of para-hydroxylation sites is 1. The van der Waals surface area contributed by atoms with Gasteiger partial charge >= 0.3 is 0 Å². The molecule has 22 heavy (non-hydrogen) atoms. The molecule has 0 spiro atoms. The van der Waals surface area contributed by atoms with Crippen molar-refractivity contribution < 1.29 is 9.47 Å². The van der Waals surface area contributed by atoms with E-state index in [2.05, 4.69) is 6.58 Å². The van der Waals surface area contributed by atoms with Crippen LogP contribution in [0.25, 0.3) is 0 Å². The lowest BCUT2D eigenvalue weighted by Crippen LogP contribution is -2.11. The zero-order valence-electron chi connectivity index (χ0n) is 12.3. The molecule has 0 aliphatic rings. The quantitative estimate of drug-likeness (QED) is 0.460. The average molecular weight is 313 g/mol. The molecule has 2 aromatic carbocycles. The monoisotopic (exact) mass is 313 g/mol. The second kappa shape index (κ2) is 8.20. The molecular weight excluding hydrogens is 294 g/mol. The van der Waals surface area contributed by atoms with Crippen molar-refractivity contribution in [2.45, 2.75) is 6.42 Å². The SMILES string of the molecule is C=CCc1ccccc1OCCOc1cccc(C(N)=S)c1. The fourth-order valence-electron chi connectivity index (χ4n) is 2.02. The van der Waals surface area contributed by atoms with Crippen molar-refractivity contribution in [3.63, 3.8) is 0 Å². The van der Waals surface area contributed by atoms with Gasteiger partial charge in [0.2, 0.25) is 0 Å². The molecule has 0 saturated carbocycles. The van der Waals surface area contributed by atoms with Gasteiger partial charge in [0.25, 0.3) is 0 Å². The lowest BCUT2D eigenvalue weighted by molar-refractivity contribution is 0.216. The summed E-state index contributed by atoms with van der Waals surface area (Å²) in [5, 5.41) is 0. The Bertz CT molecular complexity index is 655. The predicted octanol–water partition coefficient (Wildman–Crippen LogP) is 3.51. The summed E-state index contributed by atoms with van der Waals surface area (Å²) in [7, 11) is 0. The Morgan fingerprint density at radius 2 is 1.86 bits per heavy atom. The van der Waals surface area contributed by atoms with Crippen molar-refractivity contribution in [3.05, 3.63) is 72.3 Å². The minimum atomic E-state index is 0.361. The van der Waals surface area contributed by atoms with Crippen LogP contribution in [-0.2, 0) is 6.42 Å². The van der Waals surface area contributed by atoms with Crippen molar-refractivity contribution in [3.8, 4) is 11.5 Å². The molecule has 0 heterocycles. The molecule has 0 radical (unpaired) electrons. The smallest absolute Gasteiger partial charge is 0.122 e. The summed E-state index contributed by atoms with van der Waals surface area (Å²) in [6.45, 7) is 4.67.